The summed E-state index contributed by atoms with van der Waals surface area (Å²) in [6.45, 7) is 0. The van der Waals surface area contributed by atoms with Crippen LogP contribution in [0.2, 0.25) is 5.02 Å². The van der Waals surface area contributed by atoms with Crippen LogP contribution in [-0.2, 0) is 6.42 Å². The lowest BCUT2D eigenvalue weighted by Gasteiger charge is -2.37. The second-order valence-corrected chi connectivity index (χ2v) is 7.80. The minimum Gasteiger partial charge on any atom is -0.0843 e. The molecule has 2 aromatic carbocycles. The Morgan fingerprint density at radius 1 is 0.783 bits per heavy atom. The summed E-state index contributed by atoms with van der Waals surface area (Å²) >= 11 is 6.02. The highest BCUT2D eigenvalue weighted by Crippen LogP contribution is 2.46. The van der Waals surface area contributed by atoms with E-state index in [1.165, 1.54) is 50.5 Å². The highest BCUT2D eigenvalue weighted by molar-refractivity contribution is 6.30. The molecule has 1 saturated carbocycles. The van der Waals surface area contributed by atoms with Crippen molar-refractivity contribution in [3.8, 4) is 0 Å². The largest absolute Gasteiger partial charge is 0.0843 e. The van der Waals surface area contributed by atoms with Gasteiger partial charge in [0.2, 0.25) is 0 Å². The molecule has 2 aliphatic carbocycles. The summed E-state index contributed by atoms with van der Waals surface area (Å²) in [5.41, 5.74) is 4.76. The summed E-state index contributed by atoms with van der Waals surface area (Å²) in [5.74, 6) is 2.44. The fraction of sp³-hybridized carbons (Fsp3) is 0.455. The number of benzene rings is 2. The van der Waals surface area contributed by atoms with Gasteiger partial charge in [-0.2, -0.15) is 0 Å². The summed E-state index contributed by atoms with van der Waals surface area (Å²) < 4.78 is 0. The number of rotatable bonds is 2. The minimum absolute atomic E-state index is 0.738. The number of halogens is 1. The third kappa shape index (κ3) is 3.19. The van der Waals surface area contributed by atoms with E-state index in [0.29, 0.717) is 0 Å². The lowest BCUT2D eigenvalue weighted by Crippen LogP contribution is -2.23. The third-order valence-electron chi connectivity index (χ3n) is 6.10. The van der Waals surface area contributed by atoms with E-state index in [9.17, 15) is 0 Å². The van der Waals surface area contributed by atoms with E-state index in [0.717, 1.165) is 22.8 Å². The first-order valence-electron chi connectivity index (χ1n) is 9.14. The van der Waals surface area contributed by atoms with Crippen LogP contribution >= 0.6 is 11.6 Å². The number of fused-ring (bicyclic) bond motifs is 1. The van der Waals surface area contributed by atoms with Crippen LogP contribution in [0, 0.1) is 5.92 Å². The molecule has 0 aliphatic heterocycles. The summed E-state index contributed by atoms with van der Waals surface area (Å²) in [4.78, 5) is 0. The average Bonchev–Trinajstić information content (AvgIpc) is 2.62. The third-order valence-corrected chi connectivity index (χ3v) is 6.35. The highest BCUT2D eigenvalue weighted by Gasteiger charge is 2.31. The van der Waals surface area contributed by atoms with Gasteiger partial charge in [0.05, 0.1) is 0 Å². The van der Waals surface area contributed by atoms with Gasteiger partial charge in [-0.3, -0.25) is 0 Å². The van der Waals surface area contributed by atoms with Crippen LogP contribution in [0.3, 0.4) is 0 Å². The van der Waals surface area contributed by atoms with E-state index < -0.39 is 0 Å². The van der Waals surface area contributed by atoms with Gasteiger partial charge < -0.3 is 0 Å². The number of aryl methyl sites for hydroxylation is 1. The zero-order valence-electron chi connectivity index (χ0n) is 13.7. The molecule has 1 atom stereocenters. The Morgan fingerprint density at radius 2 is 1.52 bits per heavy atom. The van der Waals surface area contributed by atoms with E-state index in [-0.39, 0.29) is 0 Å². The Kier molecular flexibility index (Phi) is 4.44. The maximum Gasteiger partial charge on any atom is 0.0406 e. The fourth-order valence-electron chi connectivity index (χ4n) is 4.87. The molecule has 23 heavy (non-hydrogen) atoms. The van der Waals surface area contributed by atoms with Crippen molar-refractivity contribution in [2.45, 2.75) is 56.8 Å². The maximum absolute atomic E-state index is 6.02. The molecular formula is C22H25Cl. The molecule has 120 valence electrons. The van der Waals surface area contributed by atoms with Crippen LogP contribution in [0.15, 0.2) is 48.5 Å². The molecule has 0 radical (unpaired) electrons. The van der Waals surface area contributed by atoms with E-state index >= 15 is 0 Å². The lowest BCUT2D eigenvalue weighted by atomic mass is 9.68. The van der Waals surface area contributed by atoms with Crippen molar-refractivity contribution in [3.63, 3.8) is 0 Å². The first-order chi connectivity index (χ1) is 11.3. The second-order valence-electron chi connectivity index (χ2n) is 7.36. The minimum atomic E-state index is 0.738. The van der Waals surface area contributed by atoms with Crippen molar-refractivity contribution in [2.75, 3.05) is 0 Å². The first-order valence-corrected chi connectivity index (χ1v) is 9.52. The van der Waals surface area contributed by atoms with Gasteiger partial charge in [0, 0.05) is 5.02 Å². The molecule has 0 N–H and O–H groups in total. The molecular weight excluding hydrogens is 300 g/mol. The first kappa shape index (κ1) is 15.3. The van der Waals surface area contributed by atoms with Crippen LogP contribution in [-0.4, -0.2) is 0 Å². The van der Waals surface area contributed by atoms with Gasteiger partial charge >= 0.3 is 0 Å². The fourth-order valence-corrected chi connectivity index (χ4v) is 5.00. The molecule has 0 heterocycles. The summed E-state index contributed by atoms with van der Waals surface area (Å²) in [5, 5.41) is 0.848. The quantitative estimate of drug-likeness (QED) is 0.574. The Labute approximate surface area is 144 Å². The van der Waals surface area contributed by atoms with Gasteiger partial charge in [0.1, 0.15) is 0 Å². The maximum atomic E-state index is 6.02. The standard InChI is InChI=1S/C22H25Cl/c23-20-14-12-17(13-15-20)16-8-10-19(11-9-16)22-7-3-5-18-4-1-2-6-21(18)22/h1-2,4,6,12-16,19,22H,3,5,7-11H2. The predicted molar refractivity (Wildman–Crippen MR) is 98.3 cm³/mol. The molecule has 0 spiro atoms. The van der Waals surface area contributed by atoms with E-state index in [1.54, 1.807) is 11.1 Å². The van der Waals surface area contributed by atoms with Gasteiger partial charge in [-0.15, -0.1) is 0 Å². The van der Waals surface area contributed by atoms with E-state index in [2.05, 4.69) is 36.4 Å². The van der Waals surface area contributed by atoms with Crippen molar-refractivity contribution in [2.24, 2.45) is 5.92 Å². The Bertz CT molecular complexity index is 650. The van der Waals surface area contributed by atoms with Crippen molar-refractivity contribution < 1.29 is 0 Å². The molecule has 0 bridgehead atoms. The Morgan fingerprint density at radius 3 is 2.30 bits per heavy atom. The Hall–Kier alpha value is -1.27. The van der Waals surface area contributed by atoms with Crippen molar-refractivity contribution in [1.29, 1.82) is 0 Å². The molecule has 4 rings (SSSR count). The van der Waals surface area contributed by atoms with Crippen LogP contribution in [0.4, 0.5) is 0 Å². The molecule has 0 nitrogen and oxygen atoms in total. The topological polar surface area (TPSA) is 0 Å². The van der Waals surface area contributed by atoms with Gasteiger partial charge in [0.25, 0.3) is 0 Å². The average molecular weight is 325 g/mol. The van der Waals surface area contributed by atoms with E-state index in [1.807, 2.05) is 12.1 Å². The van der Waals surface area contributed by atoms with Crippen molar-refractivity contribution in [3.05, 3.63) is 70.2 Å². The molecule has 0 saturated heterocycles. The predicted octanol–water partition coefficient (Wildman–Crippen LogP) is 6.73. The second kappa shape index (κ2) is 6.69. The van der Waals surface area contributed by atoms with Gasteiger partial charge in [-0.1, -0.05) is 48.0 Å². The molecule has 2 aliphatic rings. The number of hydrogen-bond donors (Lipinski definition) is 0. The summed E-state index contributed by atoms with van der Waals surface area (Å²) in [7, 11) is 0. The molecule has 2 aromatic rings. The van der Waals surface area contributed by atoms with Crippen LogP contribution < -0.4 is 0 Å². The molecule has 1 heteroatoms. The van der Waals surface area contributed by atoms with Gasteiger partial charge in [-0.25, -0.2) is 0 Å². The van der Waals surface area contributed by atoms with Crippen molar-refractivity contribution in [1.82, 2.24) is 0 Å². The zero-order valence-corrected chi connectivity index (χ0v) is 14.4. The molecule has 0 aromatic heterocycles. The molecule has 1 fully saturated rings. The Balaban J connectivity index is 1.45. The highest BCUT2D eigenvalue weighted by atomic mass is 35.5. The van der Waals surface area contributed by atoms with Crippen LogP contribution in [0.5, 0.6) is 0 Å². The SMILES string of the molecule is Clc1ccc(C2CCC(C3CCCc4ccccc43)CC2)cc1. The summed E-state index contributed by atoms with van der Waals surface area (Å²) in [6, 6.07) is 17.7. The van der Waals surface area contributed by atoms with Crippen molar-refractivity contribution >= 4 is 11.6 Å². The smallest absolute Gasteiger partial charge is 0.0406 e. The van der Waals surface area contributed by atoms with E-state index in [4.69, 9.17) is 11.6 Å². The lowest BCUT2D eigenvalue weighted by molar-refractivity contribution is 0.264. The van der Waals surface area contributed by atoms with Crippen LogP contribution in [0.25, 0.3) is 0 Å². The number of hydrogen-bond acceptors (Lipinski definition) is 0. The normalized spacial score (nSPS) is 27.4. The molecule has 0 amide bonds. The monoisotopic (exact) mass is 324 g/mol. The van der Waals surface area contributed by atoms with Crippen LogP contribution in [0.1, 0.15) is 67.1 Å². The summed E-state index contributed by atoms with van der Waals surface area (Å²) in [6.07, 6.45) is 9.49. The van der Waals surface area contributed by atoms with Gasteiger partial charge in [-0.05, 0) is 91.5 Å². The zero-order chi connectivity index (χ0) is 15.6. The molecule has 1 unspecified atom stereocenters. The van der Waals surface area contributed by atoms with Gasteiger partial charge in [0.15, 0.2) is 0 Å².